The molecule has 2 heterocycles. The zero-order chi connectivity index (χ0) is 21.8. The van der Waals surface area contributed by atoms with Gasteiger partial charge >= 0.3 is 0 Å². The van der Waals surface area contributed by atoms with Gasteiger partial charge in [0.15, 0.2) is 5.82 Å². The smallest absolute Gasteiger partial charge is 0.211 e. The number of thiophene rings is 1. The predicted octanol–water partition coefficient (Wildman–Crippen LogP) is 5.69. The Morgan fingerprint density at radius 2 is 1.87 bits per heavy atom. The highest BCUT2D eigenvalue weighted by atomic mass is 32.1. The fraction of sp³-hybridized carbons (Fsp3) is 0.0909. The Bertz CT molecular complexity index is 1290. The molecular formula is C22H17F2N3O2S2. The Morgan fingerprint density at radius 1 is 1.00 bits per heavy atom. The Morgan fingerprint density at radius 3 is 2.58 bits per heavy atom. The van der Waals surface area contributed by atoms with Gasteiger partial charge in [-0.1, -0.05) is 0 Å². The van der Waals surface area contributed by atoms with Crippen LogP contribution in [0.2, 0.25) is 0 Å². The normalized spacial score (nSPS) is 11.9. The van der Waals surface area contributed by atoms with Gasteiger partial charge in [-0.2, -0.15) is 16.4 Å². The van der Waals surface area contributed by atoms with Crippen molar-refractivity contribution in [1.29, 1.82) is 0 Å². The highest BCUT2D eigenvalue weighted by Crippen LogP contribution is 2.34. The van der Waals surface area contributed by atoms with Crippen molar-refractivity contribution in [2.75, 3.05) is 14.2 Å². The molecule has 0 saturated heterocycles. The predicted molar refractivity (Wildman–Crippen MR) is 120 cm³/mol. The molecule has 0 aliphatic heterocycles. The highest BCUT2D eigenvalue weighted by molar-refractivity contribution is 7.08. The van der Waals surface area contributed by atoms with Crippen LogP contribution in [-0.4, -0.2) is 25.1 Å². The third-order valence-electron chi connectivity index (χ3n) is 4.36. The second-order valence-electron chi connectivity index (χ2n) is 6.29. The summed E-state index contributed by atoms with van der Waals surface area (Å²) in [7, 11) is 3.16. The lowest BCUT2D eigenvalue weighted by Crippen LogP contribution is -2.12. The van der Waals surface area contributed by atoms with Crippen molar-refractivity contribution in [3.8, 4) is 22.8 Å². The first-order chi connectivity index (χ1) is 15.1. The van der Waals surface area contributed by atoms with Crippen molar-refractivity contribution in [1.82, 2.24) is 4.68 Å². The van der Waals surface area contributed by atoms with Gasteiger partial charge in [-0.25, -0.2) is 18.4 Å². The third kappa shape index (κ3) is 4.57. The summed E-state index contributed by atoms with van der Waals surface area (Å²) >= 11 is 2.83. The van der Waals surface area contributed by atoms with E-state index in [2.05, 4.69) is 10.1 Å². The van der Waals surface area contributed by atoms with Crippen LogP contribution in [0.5, 0.6) is 11.5 Å². The molecule has 158 valence electrons. The first kappa shape index (κ1) is 21.0. The minimum Gasteiger partial charge on any atom is -0.497 e. The second-order valence-corrected chi connectivity index (χ2v) is 7.91. The van der Waals surface area contributed by atoms with Crippen molar-refractivity contribution < 1.29 is 18.3 Å². The summed E-state index contributed by atoms with van der Waals surface area (Å²) in [6, 6.07) is 10.6. The molecule has 0 fully saturated rings. The molecule has 0 N–H and O–H groups in total. The number of aromatic nitrogens is 1. The van der Waals surface area contributed by atoms with Gasteiger partial charge in [0.05, 0.1) is 26.1 Å². The fourth-order valence-corrected chi connectivity index (χ4v) is 4.29. The van der Waals surface area contributed by atoms with Crippen LogP contribution >= 0.6 is 22.7 Å². The molecule has 2 aromatic carbocycles. The zero-order valence-corrected chi connectivity index (χ0v) is 18.2. The van der Waals surface area contributed by atoms with E-state index in [0.29, 0.717) is 22.0 Å². The van der Waals surface area contributed by atoms with Gasteiger partial charge in [-0.3, -0.25) is 0 Å². The third-order valence-corrected chi connectivity index (χ3v) is 5.88. The maximum Gasteiger partial charge on any atom is 0.211 e. The average molecular weight is 458 g/mol. The van der Waals surface area contributed by atoms with Crippen LogP contribution in [0.1, 0.15) is 5.56 Å². The Balaban J connectivity index is 1.92. The van der Waals surface area contributed by atoms with Crippen LogP contribution in [0.15, 0.2) is 68.7 Å². The number of ether oxygens (including phenoxy) is 2. The van der Waals surface area contributed by atoms with Crippen LogP contribution in [0.4, 0.5) is 14.5 Å². The molecule has 9 heteroatoms. The van der Waals surface area contributed by atoms with E-state index in [4.69, 9.17) is 9.47 Å². The molecule has 0 saturated carbocycles. The van der Waals surface area contributed by atoms with E-state index in [1.165, 1.54) is 23.5 Å². The number of halogens is 2. The van der Waals surface area contributed by atoms with E-state index in [1.807, 2.05) is 28.3 Å². The van der Waals surface area contributed by atoms with E-state index >= 15 is 0 Å². The number of rotatable bonds is 6. The molecule has 0 bridgehead atoms. The maximum absolute atomic E-state index is 14.2. The van der Waals surface area contributed by atoms with Crippen molar-refractivity contribution in [3.05, 3.63) is 80.6 Å². The van der Waals surface area contributed by atoms with Gasteiger partial charge in [0.2, 0.25) is 4.80 Å². The maximum atomic E-state index is 14.2. The van der Waals surface area contributed by atoms with Gasteiger partial charge in [0.1, 0.15) is 23.0 Å². The van der Waals surface area contributed by atoms with E-state index in [-0.39, 0.29) is 5.69 Å². The number of thiazole rings is 1. The van der Waals surface area contributed by atoms with Crippen LogP contribution in [-0.2, 0) is 0 Å². The van der Waals surface area contributed by atoms with E-state index < -0.39 is 11.6 Å². The lowest BCUT2D eigenvalue weighted by molar-refractivity contribution is 0.404. The summed E-state index contributed by atoms with van der Waals surface area (Å²) in [4.78, 5) is 4.80. The van der Waals surface area contributed by atoms with Crippen molar-refractivity contribution in [2.24, 2.45) is 10.1 Å². The molecule has 0 radical (unpaired) electrons. The molecule has 31 heavy (non-hydrogen) atoms. The summed E-state index contributed by atoms with van der Waals surface area (Å²) in [6.45, 7) is 0. The summed E-state index contributed by atoms with van der Waals surface area (Å²) in [5.74, 6) is -0.133. The van der Waals surface area contributed by atoms with Gasteiger partial charge < -0.3 is 9.47 Å². The van der Waals surface area contributed by atoms with Gasteiger partial charge in [0, 0.05) is 22.6 Å². The number of benzene rings is 2. The lowest BCUT2D eigenvalue weighted by Gasteiger charge is -2.11. The first-order valence-electron chi connectivity index (χ1n) is 9.08. The SMILES string of the molecule is COc1ccc(OC)c(-c2csc(=Nc3ccc(F)cc3F)n2N=Cc2ccsc2)c1. The minimum absolute atomic E-state index is 0.0203. The second kappa shape index (κ2) is 9.23. The fourth-order valence-electron chi connectivity index (χ4n) is 2.84. The zero-order valence-electron chi connectivity index (χ0n) is 16.6. The first-order valence-corrected chi connectivity index (χ1v) is 10.9. The number of methoxy groups -OCH3 is 2. The van der Waals surface area contributed by atoms with Gasteiger partial charge in [-0.15, -0.1) is 11.3 Å². The molecule has 0 amide bonds. The highest BCUT2D eigenvalue weighted by Gasteiger charge is 2.15. The minimum atomic E-state index is -0.748. The van der Waals surface area contributed by atoms with Gasteiger partial charge in [-0.05, 0) is 47.2 Å². The molecule has 0 aliphatic carbocycles. The molecule has 4 aromatic rings. The lowest BCUT2D eigenvalue weighted by atomic mass is 10.1. The summed E-state index contributed by atoms with van der Waals surface area (Å²) < 4.78 is 40.0. The monoisotopic (exact) mass is 457 g/mol. The molecule has 0 atom stereocenters. The number of hydrogen-bond acceptors (Lipinski definition) is 6. The standard InChI is InChI=1S/C22H17F2N3O2S2/c1-28-16-4-6-21(29-2)17(10-16)20-13-31-22(26-19-5-3-15(23)9-18(19)24)27(20)25-11-14-7-8-30-12-14/h3-13H,1-2H3. The topological polar surface area (TPSA) is 48.1 Å². The Labute approximate surface area is 185 Å². The largest absolute Gasteiger partial charge is 0.497 e. The van der Waals surface area contributed by atoms with Crippen molar-refractivity contribution in [3.63, 3.8) is 0 Å². The number of hydrogen-bond donors (Lipinski definition) is 0. The van der Waals surface area contributed by atoms with E-state index in [9.17, 15) is 8.78 Å². The number of nitrogens with zero attached hydrogens (tertiary/aromatic N) is 3. The van der Waals surface area contributed by atoms with Crippen LogP contribution in [0, 0.1) is 11.6 Å². The Kier molecular flexibility index (Phi) is 6.24. The molecule has 0 unspecified atom stereocenters. The van der Waals surface area contributed by atoms with Gasteiger partial charge in [0.25, 0.3) is 0 Å². The quantitative estimate of drug-likeness (QED) is 0.349. The molecular weight excluding hydrogens is 440 g/mol. The van der Waals surface area contributed by atoms with Crippen molar-refractivity contribution >= 4 is 34.6 Å². The van der Waals surface area contributed by atoms with Crippen molar-refractivity contribution in [2.45, 2.75) is 0 Å². The van der Waals surface area contributed by atoms with E-state index in [0.717, 1.165) is 17.2 Å². The average Bonchev–Trinajstić information content (AvgIpc) is 3.43. The van der Waals surface area contributed by atoms with Crippen LogP contribution in [0.25, 0.3) is 11.3 Å². The Hall–Kier alpha value is -3.30. The van der Waals surface area contributed by atoms with E-state index in [1.54, 1.807) is 48.6 Å². The molecule has 5 nitrogen and oxygen atoms in total. The summed E-state index contributed by atoms with van der Waals surface area (Å²) in [5.41, 5.74) is 2.37. The van der Waals surface area contributed by atoms with Crippen LogP contribution in [0.3, 0.4) is 0 Å². The molecule has 2 aromatic heterocycles. The molecule has 4 rings (SSSR count). The van der Waals surface area contributed by atoms with Crippen LogP contribution < -0.4 is 14.3 Å². The summed E-state index contributed by atoms with van der Waals surface area (Å²) in [6.07, 6.45) is 1.69. The summed E-state index contributed by atoms with van der Waals surface area (Å²) in [5, 5.41) is 10.3. The molecule has 0 aliphatic rings. The molecule has 0 spiro atoms.